The Bertz CT molecular complexity index is 1350. The van der Waals surface area contributed by atoms with Gasteiger partial charge in [0, 0.05) is 13.1 Å². The number of para-hydroxylation sites is 2. The molecular weight excluding hydrogens is 430 g/mol. The number of aliphatic hydroxyl groups is 1. The van der Waals surface area contributed by atoms with Crippen LogP contribution >= 0.6 is 11.8 Å². The van der Waals surface area contributed by atoms with E-state index in [4.69, 9.17) is 9.47 Å². The number of hydrogen-bond acceptors (Lipinski definition) is 9. The van der Waals surface area contributed by atoms with E-state index in [9.17, 15) is 10.4 Å². The molecule has 0 saturated heterocycles. The van der Waals surface area contributed by atoms with E-state index >= 15 is 0 Å². The van der Waals surface area contributed by atoms with Gasteiger partial charge in [-0.2, -0.15) is 9.94 Å². The summed E-state index contributed by atoms with van der Waals surface area (Å²) in [4.78, 5) is 4.49. The third-order valence-corrected chi connectivity index (χ3v) is 5.73. The van der Waals surface area contributed by atoms with Crippen LogP contribution < -0.4 is 9.47 Å². The number of ether oxygens (including phenoxy) is 2. The predicted molar refractivity (Wildman–Crippen MR) is 119 cm³/mol. The van der Waals surface area contributed by atoms with E-state index in [1.165, 1.54) is 16.4 Å². The fraction of sp³-hybridized carbons (Fsp3) is 0.190. The van der Waals surface area contributed by atoms with E-state index in [1.807, 2.05) is 24.3 Å². The molecule has 11 heteroatoms. The molecule has 4 rings (SSSR count). The summed E-state index contributed by atoms with van der Waals surface area (Å²) in [6.45, 7) is 0. The van der Waals surface area contributed by atoms with Crippen LogP contribution in [0.3, 0.4) is 0 Å². The highest BCUT2D eigenvalue weighted by molar-refractivity contribution is 7.99. The number of benzene rings is 2. The number of tetrazole rings is 1. The lowest BCUT2D eigenvalue weighted by Crippen LogP contribution is -2.04. The summed E-state index contributed by atoms with van der Waals surface area (Å²) >= 11 is 1.17. The van der Waals surface area contributed by atoms with Crippen LogP contribution in [0.25, 0.3) is 22.3 Å². The van der Waals surface area contributed by atoms with Gasteiger partial charge in [-0.15, -0.1) is 5.10 Å². The molecule has 0 atom stereocenters. The molecule has 0 unspecified atom stereocenters. The van der Waals surface area contributed by atoms with Crippen LogP contribution in [-0.2, 0) is 7.05 Å². The molecule has 0 aliphatic carbocycles. The van der Waals surface area contributed by atoms with E-state index in [-0.39, 0.29) is 17.1 Å². The highest BCUT2D eigenvalue weighted by Gasteiger charge is 2.19. The van der Waals surface area contributed by atoms with Gasteiger partial charge in [0.15, 0.2) is 5.82 Å². The molecule has 2 heterocycles. The summed E-state index contributed by atoms with van der Waals surface area (Å²) in [7, 11) is 4.92. The Hall–Kier alpha value is -4.04. The largest absolute Gasteiger partial charge is 0.510 e. The molecule has 0 aliphatic heterocycles. The normalized spacial score (nSPS) is 11.8. The molecule has 10 nitrogen and oxygen atoms in total. The molecule has 0 spiro atoms. The molecule has 1 N–H and O–H groups in total. The van der Waals surface area contributed by atoms with Crippen molar-refractivity contribution < 1.29 is 14.6 Å². The van der Waals surface area contributed by atoms with Crippen molar-refractivity contribution in [3.63, 3.8) is 0 Å². The lowest BCUT2D eigenvalue weighted by molar-refractivity contribution is 0.399. The maximum Gasteiger partial charge on any atom is 0.214 e. The SMILES string of the molecule is COc1ccc(OC)c(-n2nnnc2SC/C(O)=C(/C#N)c2nc3ccccc3n2C)c1. The van der Waals surface area contributed by atoms with Crippen LogP contribution in [0.2, 0.25) is 0 Å². The summed E-state index contributed by atoms with van der Waals surface area (Å²) in [5.74, 6) is 1.50. The van der Waals surface area contributed by atoms with Crippen molar-refractivity contribution in [2.75, 3.05) is 20.0 Å². The van der Waals surface area contributed by atoms with Crippen molar-refractivity contribution in [1.29, 1.82) is 5.26 Å². The minimum Gasteiger partial charge on any atom is -0.510 e. The maximum absolute atomic E-state index is 10.7. The topological polar surface area (TPSA) is 124 Å². The smallest absolute Gasteiger partial charge is 0.214 e. The summed E-state index contributed by atoms with van der Waals surface area (Å²) < 4.78 is 14.0. The molecule has 0 aliphatic rings. The number of nitriles is 1. The quantitative estimate of drug-likeness (QED) is 0.257. The van der Waals surface area contributed by atoms with Crippen LogP contribution in [0, 0.1) is 11.3 Å². The number of aromatic nitrogens is 6. The average Bonchev–Trinajstić information content (AvgIpc) is 3.42. The second-order valence-electron chi connectivity index (χ2n) is 6.62. The van der Waals surface area contributed by atoms with Crippen LogP contribution in [0.4, 0.5) is 0 Å². The van der Waals surface area contributed by atoms with E-state index < -0.39 is 0 Å². The number of methoxy groups -OCH3 is 2. The van der Waals surface area contributed by atoms with Crippen molar-refractivity contribution in [2.24, 2.45) is 7.05 Å². The number of thioether (sulfide) groups is 1. The number of nitrogens with zero attached hydrogens (tertiary/aromatic N) is 7. The third kappa shape index (κ3) is 3.83. The minimum absolute atomic E-state index is 0.0682. The number of allylic oxidation sites excluding steroid dienone is 1. The van der Waals surface area contributed by atoms with Crippen molar-refractivity contribution in [3.8, 4) is 23.3 Å². The number of aryl methyl sites for hydroxylation is 1. The van der Waals surface area contributed by atoms with Gasteiger partial charge >= 0.3 is 0 Å². The molecule has 0 radical (unpaired) electrons. The van der Waals surface area contributed by atoms with E-state index in [2.05, 4.69) is 26.6 Å². The van der Waals surface area contributed by atoms with Crippen LogP contribution in [0.15, 0.2) is 53.4 Å². The Morgan fingerprint density at radius 1 is 1.19 bits per heavy atom. The Balaban J connectivity index is 1.65. The third-order valence-electron chi connectivity index (χ3n) is 4.80. The molecule has 0 bridgehead atoms. The second kappa shape index (κ2) is 8.99. The minimum atomic E-state index is -0.122. The Morgan fingerprint density at radius 3 is 2.72 bits per heavy atom. The fourth-order valence-corrected chi connectivity index (χ4v) is 3.96. The number of imidazole rings is 1. The van der Waals surface area contributed by atoms with Gasteiger partial charge < -0.3 is 19.1 Å². The second-order valence-corrected chi connectivity index (χ2v) is 7.56. The summed E-state index contributed by atoms with van der Waals surface area (Å²) in [6.07, 6.45) is 0. The highest BCUT2D eigenvalue weighted by atomic mass is 32.2. The number of fused-ring (bicyclic) bond motifs is 1. The highest BCUT2D eigenvalue weighted by Crippen LogP contribution is 2.31. The zero-order valence-corrected chi connectivity index (χ0v) is 18.4. The first-order valence-electron chi connectivity index (χ1n) is 9.45. The lowest BCUT2D eigenvalue weighted by atomic mass is 10.2. The Labute approximate surface area is 187 Å². The molecule has 2 aromatic carbocycles. The fourth-order valence-electron chi connectivity index (χ4n) is 3.20. The molecule has 0 amide bonds. The first-order chi connectivity index (χ1) is 15.6. The van der Waals surface area contributed by atoms with E-state index in [0.717, 1.165) is 11.0 Å². The van der Waals surface area contributed by atoms with Gasteiger partial charge in [0.05, 0.1) is 31.0 Å². The van der Waals surface area contributed by atoms with Crippen LogP contribution in [-0.4, -0.2) is 54.8 Å². The van der Waals surface area contributed by atoms with Crippen molar-refractivity contribution in [2.45, 2.75) is 5.16 Å². The zero-order chi connectivity index (χ0) is 22.7. The molecular formula is C21H19N7O3S. The number of rotatable bonds is 7. The monoisotopic (exact) mass is 449 g/mol. The molecule has 0 saturated carbocycles. The molecule has 32 heavy (non-hydrogen) atoms. The lowest BCUT2D eigenvalue weighted by Gasteiger charge is -2.11. The van der Waals surface area contributed by atoms with E-state index in [0.29, 0.717) is 28.2 Å². The predicted octanol–water partition coefficient (Wildman–Crippen LogP) is 3.15. The number of hydrogen-bond donors (Lipinski definition) is 1. The van der Waals surface area contributed by atoms with Gasteiger partial charge in [-0.1, -0.05) is 23.9 Å². The van der Waals surface area contributed by atoms with Crippen molar-refractivity contribution >= 4 is 28.4 Å². The van der Waals surface area contributed by atoms with Crippen molar-refractivity contribution in [3.05, 3.63) is 54.0 Å². The molecule has 162 valence electrons. The van der Waals surface area contributed by atoms with E-state index in [1.54, 1.807) is 44.0 Å². The first-order valence-corrected chi connectivity index (χ1v) is 10.4. The van der Waals surface area contributed by atoms with Gasteiger partial charge in [-0.05, 0) is 34.7 Å². The van der Waals surface area contributed by atoms with Gasteiger partial charge in [0.25, 0.3) is 0 Å². The van der Waals surface area contributed by atoms with Gasteiger partial charge in [-0.25, -0.2) is 4.98 Å². The first kappa shape index (κ1) is 21.2. The average molecular weight is 449 g/mol. The van der Waals surface area contributed by atoms with Crippen LogP contribution in [0.5, 0.6) is 11.5 Å². The molecule has 0 fully saturated rings. The van der Waals surface area contributed by atoms with Gasteiger partial charge in [-0.3, -0.25) is 0 Å². The summed E-state index contributed by atoms with van der Waals surface area (Å²) in [5.41, 5.74) is 2.28. The van der Waals surface area contributed by atoms with Crippen LogP contribution in [0.1, 0.15) is 5.82 Å². The maximum atomic E-state index is 10.7. The Morgan fingerprint density at radius 2 is 2.00 bits per heavy atom. The Kier molecular flexibility index (Phi) is 5.96. The van der Waals surface area contributed by atoms with Gasteiger partial charge in [0.2, 0.25) is 5.16 Å². The molecule has 2 aromatic heterocycles. The summed E-state index contributed by atoms with van der Waals surface area (Å²) in [5, 5.41) is 32.6. The van der Waals surface area contributed by atoms with Gasteiger partial charge in [0.1, 0.15) is 34.6 Å². The molecule has 4 aromatic rings. The standard InChI is InChI=1S/C21H19N7O3S/c1-27-16-7-5-4-6-15(16)23-20(27)14(11-22)18(29)12-32-21-24-25-26-28(21)17-10-13(30-2)8-9-19(17)31-3/h4-10,29H,12H2,1-3H3/b18-14+. The summed E-state index contributed by atoms with van der Waals surface area (Å²) in [6, 6.07) is 14.9. The zero-order valence-electron chi connectivity index (χ0n) is 17.6. The van der Waals surface area contributed by atoms with Crippen molar-refractivity contribution in [1.82, 2.24) is 29.8 Å². The number of aliphatic hydroxyl groups excluding tert-OH is 1.